The third-order valence-electron chi connectivity index (χ3n) is 5.88. The summed E-state index contributed by atoms with van der Waals surface area (Å²) in [6.07, 6.45) is 13.0. The fraction of sp³-hybridized carbons (Fsp3) is 0.522. The number of rotatable bonds is 7. The Morgan fingerprint density at radius 1 is 1.00 bits per heavy atom. The van der Waals surface area contributed by atoms with Crippen LogP contribution in [0.5, 0.6) is 0 Å². The molecule has 0 unspecified atom stereocenters. The molecule has 3 rings (SSSR count). The van der Waals surface area contributed by atoms with Gasteiger partial charge in [0.1, 0.15) is 11.0 Å². The van der Waals surface area contributed by atoms with E-state index in [-0.39, 0.29) is 11.0 Å². The maximum atomic E-state index is 14.8. The van der Waals surface area contributed by atoms with Crippen LogP contribution in [0.4, 0.5) is 4.39 Å². The fourth-order valence-corrected chi connectivity index (χ4v) is 4.51. The number of benzene rings is 1. The van der Waals surface area contributed by atoms with Crippen molar-refractivity contribution in [2.45, 2.75) is 70.6 Å². The minimum atomic E-state index is -0.120. The van der Waals surface area contributed by atoms with Crippen LogP contribution in [-0.4, -0.2) is 4.98 Å². The Balaban J connectivity index is 1.61. The molecule has 0 amide bonds. The van der Waals surface area contributed by atoms with E-state index >= 15 is 0 Å². The minimum Gasteiger partial charge on any atom is -0.242 e. The van der Waals surface area contributed by atoms with Crippen molar-refractivity contribution < 1.29 is 4.39 Å². The van der Waals surface area contributed by atoms with Gasteiger partial charge in [0.05, 0.1) is 5.02 Å². The first-order valence-corrected chi connectivity index (χ1v) is 10.9. The Morgan fingerprint density at radius 3 is 2.44 bits per heavy atom. The molecule has 1 fully saturated rings. The van der Waals surface area contributed by atoms with Crippen molar-refractivity contribution in [2.75, 3.05) is 0 Å². The van der Waals surface area contributed by atoms with E-state index in [1.54, 1.807) is 18.3 Å². The highest BCUT2D eigenvalue weighted by Gasteiger charge is 2.24. The summed E-state index contributed by atoms with van der Waals surface area (Å²) in [5.41, 5.74) is 2.42. The maximum Gasteiger partial charge on any atom is 0.147 e. The Kier molecular flexibility index (Phi) is 7.55. The van der Waals surface area contributed by atoms with E-state index in [9.17, 15) is 4.39 Å². The second-order valence-corrected chi connectivity index (χ2v) is 8.57. The second kappa shape index (κ2) is 9.89. The second-order valence-electron chi connectivity index (χ2n) is 7.80. The van der Waals surface area contributed by atoms with Crippen molar-refractivity contribution in [3.63, 3.8) is 0 Å². The van der Waals surface area contributed by atoms with Crippen molar-refractivity contribution in [3.8, 4) is 11.1 Å². The van der Waals surface area contributed by atoms with Gasteiger partial charge in [-0.05, 0) is 60.8 Å². The van der Waals surface area contributed by atoms with Gasteiger partial charge < -0.3 is 0 Å². The van der Waals surface area contributed by atoms with Gasteiger partial charge in [0.15, 0.2) is 0 Å². The Labute approximate surface area is 172 Å². The SMILES string of the molecule is CCCCCCC1CCC(c2ccc(-c3cnc(Cl)c(Cl)c3)cc2F)CC1. The minimum absolute atomic E-state index is 0.120. The van der Waals surface area contributed by atoms with Crippen LogP contribution in [0.3, 0.4) is 0 Å². The number of unbranched alkanes of at least 4 members (excludes halogenated alkanes) is 3. The molecule has 4 heteroatoms. The summed E-state index contributed by atoms with van der Waals surface area (Å²) in [5, 5.41) is 0.653. The van der Waals surface area contributed by atoms with Crippen molar-refractivity contribution in [3.05, 3.63) is 52.0 Å². The molecule has 1 aliphatic carbocycles. The number of nitrogens with zero attached hydrogens (tertiary/aromatic N) is 1. The van der Waals surface area contributed by atoms with Gasteiger partial charge in [-0.3, -0.25) is 0 Å². The van der Waals surface area contributed by atoms with Gasteiger partial charge in [-0.15, -0.1) is 0 Å². The Bertz CT molecular complexity index is 754. The van der Waals surface area contributed by atoms with E-state index in [2.05, 4.69) is 11.9 Å². The van der Waals surface area contributed by atoms with Gasteiger partial charge >= 0.3 is 0 Å². The molecule has 0 N–H and O–H groups in total. The Hall–Kier alpha value is -1.12. The first-order valence-electron chi connectivity index (χ1n) is 10.2. The molecule has 1 nitrogen and oxygen atoms in total. The number of aromatic nitrogens is 1. The molecule has 1 heterocycles. The summed E-state index contributed by atoms with van der Waals surface area (Å²) in [6, 6.07) is 7.25. The molecule has 2 aromatic rings. The molecule has 1 saturated carbocycles. The van der Waals surface area contributed by atoms with Gasteiger partial charge in [-0.2, -0.15) is 0 Å². The summed E-state index contributed by atoms with van der Waals surface area (Å²) in [4.78, 5) is 4.05. The number of halogens is 3. The predicted molar refractivity (Wildman–Crippen MR) is 113 cm³/mol. The molecule has 1 aliphatic rings. The van der Waals surface area contributed by atoms with E-state index in [0.29, 0.717) is 10.9 Å². The van der Waals surface area contributed by atoms with Crippen molar-refractivity contribution in [1.29, 1.82) is 0 Å². The standard InChI is InChI=1S/C23H28Cl2FN/c1-2-3-4-5-6-16-7-9-17(10-8-16)20-12-11-18(14-22(20)26)19-13-21(24)23(25)27-15-19/h11-17H,2-10H2,1H3. The molecule has 146 valence electrons. The molecular formula is C23H28Cl2FN. The normalized spacial score (nSPS) is 20.0. The monoisotopic (exact) mass is 407 g/mol. The third-order valence-corrected chi connectivity index (χ3v) is 6.57. The average Bonchev–Trinajstić information content (AvgIpc) is 2.68. The molecule has 1 aromatic heterocycles. The van der Waals surface area contributed by atoms with Crippen molar-refractivity contribution in [1.82, 2.24) is 4.98 Å². The lowest BCUT2D eigenvalue weighted by molar-refractivity contribution is 0.298. The van der Waals surface area contributed by atoms with Crippen LogP contribution in [0.2, 0.25) is 10.2 Å². The molecule has 27 heavy (non-hydrogen) atoms. The summed E-state index contributed by atoms with van der Waals surface area (Å²) in [5.74, 6) is 1.06. The van der Waals surface area contributed by atoms with Crippen LogP contribution in [0, 0.1) is 11.7 Å². The van der Waals surface area contributed by atoms with Crippen LogP contribution < -0.4 is 0 Å². The molecule has 0 radical (unpaired) electrons. The largest absolute Gasteiger partial charge is 0.242 e. The van der Waals surface area contributed by atoms with Gasteiger partial charge in [-0.1, -0.05) is 74.4 Å². The number of pyridine rings is 1. The maximum absolute atomic E-state index is 14.8. The predicted octanol–water partition coefficient (Wildman–Crippen LogP) is 8.44. The fourth-order valence-electron chi connectivity index (χ4n) is 4.24. The van der Waals surface area contributed by atoms with Crippen LogP contribution in [-0.2, 0) is 0 Å². The van der Waals surface area contributed by atoms with Crippen LogP contribution in [0.25, 0.3) is 11.1 Å². The topological polar surface area (TPSA) is 12.9 Å². The quantitative estimate of drug-likeness (QED) is 0.331. The molecule has 0 aliphatic heterocycles. The zero-order valence-corrected chi connectivity index (χ0v) is 17.5. The summed E-state index contributed by atoms with van der Waals surface area (Å²) in [6.45, 7) is 2.25. The highest BCUT2D eigenvalue weighted by atomic mass is 35.5. The molecule has 0 bridgehead atoms. The van der Waals surface area contributed by atoms with Gasteiger partial charge in [0.25, 0.3) is 0 Å². The smallest absolute Gasteiger partial charge is 0.147 e. The Morgan fingerprint density at radius 2 is 1.78 bits per heavy atom. The zero-order chi connectivity index (χ0) is 19.2. The zero-order valence-electron chi connectivity index (χ0n) is 16.0. The summed E-state index contributed by atoms with van der Waals surface area (Å²) < 4.78 is 14.8. The first-order chi connectivity index (χ1) is 13.1. The molecule has 0 spiro atoms. The lowest BCUT2D eigenvalue weighted by atomic mass is 9.76. The van der Waals surface area contributed by atoms with E-state index in [4.69, 9.17) is 23.2 Å². The number of hydrogen-bond donors (Lipinski definition) is 0. The highest BCUT2D eigenvalue weighted by molar-refractivity contribution is 6.41. The summed E-state index contributed by atoms with van der Waals surface area (Å²) >= 11 is 11.9. The molecular weight excluding hydrogens is 380 g/mol. The molecule has 0 atom stereocenters. The van der Waals surface area contributed by atoms with Crippen LogP contribution in [0.15, 0.2) is 30.5 Å². The van der Waals surface area contributed by atoms with E-state index < -0.39 is 0 Å². The molecule has 0 saturated heterocycles. The van der Waals surface area contributed by atoms with Gasteiger partial charge in [0.2, 0.25) is 0 Å². The first kappa shape index (κ1) is 20.6. The van der Waals surface area contributed by atoms with E-state index in [1.807, 2.05) is 12.1 Å². The van der Waals surface area contributed by atoms with Crippen molar-refractivity contribution in [2.24, 2.45) is 5.92 Å². The summed E-state index contributed by atoms with van der Waals surface area (Å²) in [7, 11) is 0. The van der Waals surface area contributed by atoms with Crippen molar-refractivity contribution >= 4 is 23.2 Å². The number of hydrogen-bond acceptors (Lipinski definition) is 1. The lowest BCUT2D eigenvalue weighted by Gasteiger charge is -2.29. The third kappa shape index (κ3) is 5.45. The highest BCUT2D eigenvalue weighted by Crippen LogP contribution is 2.39. The average molecular weight is 408 g/mol. The van der Waals surface area contributed by atoms with Gasteiger partial charge in [-0.25, -0.2) is 9.37 Å². The van der Waals surface area contributed by atoms with Crippen LogP contribution >= 0.6 is 23.2 Å². The lowest BCUT2D eigenvalue weighted by Crippen LogP contribution is -2.14. The van der Waals surface area contributed by atoms with Gasteiger partial charge in [0, 0.05) is 11.8 Å². The van der Waals surface area contributed by atoms with Crippen LogP contribution in [0.1, 0.15) is 76.2 Å². The van der Waals surface area contributed by atoms with E-state index in [1.165, 1.54) is 44.9 Å². The molecule has 1 aromatic carbocycles. The van der Waals surface area contributed by atoms with E-state index in [0.717, 1.165) is 35.4 Å².